The molecule has 0 amide bonds. The number of halogens is 4. The molecule has 9 heteroatoms. The van der Waals surface area contributed by atoms with Crippen molar-refractivity contribution in [3.05, 3.63) is 63.8 Å². The first-order chi connectivity index (χ1) is 14.8. The SMILES string of the molecule is Cc1nc(NC(C)(C)c2cccc(C(C)(F)F)c2)c2cn(C3(C(F)F)CC3)c(=O)cc2n1. The standard InChI is InChI=1S/C23H24F4N4O/c1-13-28-17-11-18(32)31(23(8-9-23)20(24)25)12-16(17)19(29-13)30-21(2,3)14-6-5-7-15(10-14)22(4,26)27/h5-7,10-12,20H,8-9H2,1-4H3,(H,28,29,30). The molecule has 4 rings (SSSR count). The Bertz CT molecular complexity index is 1240. The highest BCUT2D eigenvalue weighted by atomic mass is 19.3. The smallest absolute Gasteiger partial charge is 0.270 e. The lowest BCUT2D eigenvalue weighted by atomic mass is 9.91. The molecule has 1 fully saturated rings. The maximum atomic E-state index is 13.8. The van der Waals surface area contributed by atoms with Crippen molar-refractivity contribution in [2.45, 2.75) is 64.0 Å². The molecule has 3 aromatic rings. The van der Waals surface area contributed by atoms with E-state index >= 15 is 0 Å². The van der Waals surface area contributed by atoms with Crippen molar-refractivity contribution < 1.29 is 17.6 Å². The molecule has 0 saturated heterocycles. The Kier molecular flexibility index (Phi) is 5.06. The van der Waals surface area contributed by atoms with Gasteiger partial charge in [0.25, 0.3) is 17.9 Å². The van der Waals surface area contributed by atoms with Crippen LogP contribution in [0.5, 0.6) is 0 Å². The largest absolute Gasteiger partial charge is 0.360 e. The first kappa shape index (κ1) is 22.2. The lowest BCUT2D eigenvalue weighted by Crippen LogP contribution is -2.35. The summed E-state index contributed by atoms with van der Waals surface area (Å²) in [6, 6.07) is 7.32. The van der Waals surface area contributed by atoms with E-state index in [9.17, 15) is 22.4 Å². The van der Waals surface area contributed by atoms with E-state index in [4.69, 9.17) is 0 Å². The minimum absolute atomic E-state index is 0.116. The molecular weight excluding hydrogens is 424 g/mol. The number of benzene rings is 1. The fourth-order valence-electron chi connectivity index (χ4n) is 3.90. The summed E-state index contributed by atoms with van der Waals surface area (Å²) >= 11 is 0. The van der Waals surface area contributed by atoms with E-state index < -0.39 is 29.0 Å². The molecule has 0 bridgehead atoms. The van der Waals surface area contributed by atoms with Gasteiger partial charge in [0.1, 0.15) is 17.2 Å². The van der Waals surface area contributed by atoms with Gasteiger partial charge in [-0.3, -0.25) is 4.79 Å². The Hall–Kier alpha value is -2.97. The molecule has 5 nitrogen and oxygen atoms in total. The minimum Gasteiger partial charge on any atom is -0.360 e. The number of nitrogens with one attached hydrogen (secondary N) is 1. The molecular formula is C23H24F4N4O. The van der Waals surface area contributed by atoms with Crippen molar-refractivity contribution in [1.29, 1.82) is 0 Å². The molecule has 1 aliphatic carbocycles. The van der Waals surface area contributed by atoms with Gasteiger partial charge < -0.3 is 9.88 Å². The van der Waals surface area contributed by atoms with Crippen LogP contribution in [0.1, 0.15) is 50.6 Å². The van der Waals surface area contributed by atoms with Crippen LogP contribution in [0.3, 0.4) is 0 Å². The lowest BCUT2D eigenvalue weighted by molar-refractivity contribution is 0.0173. The second-order valence-corrected chi connectivity index (χ2v) is 9.02. The predicted molar refractivity (Wildman–Crippen MR) is 114 cm³/mol. The van der Waals surface area contributed by atoms with E-state index in [0.29, 0.717) is 28.1 Å². The number of hydrogen-bond donors (Lipinski definition) is 1. The maximum Gasteiger partial charge on any atom is 0.270 e. The highest BCUT2D eigenvalue weighted by Crippen LogP contribution is 2.48. The summed E-state index contributed by atoms with van der Waals surface area (Å²) in [7, 11) is 0. The van der Waals surface area contributed by atoms with Gasteiger partial charge in [-0.05, 0) is 45.2 Å². The van der Waals surface area contributed by atoms with E-state index in [1.807, 2.05) is 0 Å². The topological polar surface area (TPSA) is 59.8 Å². The van der Waals surface area contributed by atoms with Crippen LogP contribution in [-0.2, 0) is 17.0 Å². The second-order valence-electron chi connectivity index (χ2n) is 9.02. The van der Waals surface area contributed by atoms with Crippen LogP contribution in [-0.4, -0.2) is 21.0 Å². The van der Waals surface area contributed by atoms with E-state index in [1.165, 1.54) is 24.4 Å². The van der Waals surface area contributed by atoms with Gasteiger partial charge in [-0.15, -0.1) is 0 Å². The van der Waals surface area contributed by atoms with E-state index in [2.05, 4.69) is 15.3 Å². The number of nitrogens with zero attached hydrogens (tertiary/aromatic N) is 3. The van der Waals surface area contributed by atoms with Crippen LogP contribution in [0.2, 0.25) is 0 Å². The second kappa shape index (κ2) is 7.28. The van der Waals surface area contributed by atoms with Crippen LogP contribution in [0.25, 0.3) is 10.9 Å². The minimum atomic E-state index is -2.99. The Morgan fingerprint density at radius 1 is 1.09 bits per heavy atom. The Balaban J connectivity index is 1.81. The lowest BCUT2D eigenvalue weighted by Gasteiger charge is -2.29. The molecule has 1 aliphatic rings. The number of pyridine rings is 1. The van der Waals surface area contributed by atoms with Crippen molar-refractivity contribution in [2.24, 2.45) is 0 Å². The molecule has 170 valence electrons. The molecule has 1 N–H and O–H groups in total. The maximum absolute atomic E-state index is 13.8. The molecule has 1 saturated carbocycles. The Labute approximate surface area is 182 Å². The van der Waals surface area contributed by atoms with Gasteiger partial charge in [0.05, 0.1) is 16.4 Å². The quantitative estimate of drug-likeness (QED) is 0.519. The van der Waals surface area contributed by atoms with Crippen LogP contribution in [0.15, 0.2) is 41.3 Å². The number of rotatable bonds is 6. The van der Waals surface area contributed by atoms with Gasteiger partial charge in [-0.2, -0.15) is 0 Å². The highest BCUT2D eigenvalue weighted by Gasteiger charge is 2.53. The van der Waals surface area contributed by atoms with Crippen molar-refractivity contribution in [3.63, 3.8) is 0 Å². The average Bonchev–Trinajstić information content (AvgIpc) is 3.48. The molecule has 2 heterocycles. The summed E-state index contributed by atoms with van der Waals surface area (Å²) < 4.78 is 56.1. The number of alkyl halides is 4. The van der Waals surface area contributed by atoms with Gasteiger partial charge in [0, 0.05) is 24.8 Å². The van der Waals surface area contributed by atoms with Crippen LogP contribution < -0.4 is 10.9 Å². The fraction of sp³-hybridized carbons (Fsp3) is 0.435. The molecule has 1 aromatic carbocycles. The zero-order valence-electron chi connectivity index (χ0n) is 18.2. The van der Waals surface area contributed by atoms with E-state index in [-0.39, 0.29) is 18.4 Å². The summed E-state index contributed by atoms with van der Waals surface area (Å²) in [5.74, 6) is -2.27. The van der Waals surface area contributed by atoms with Gasteiger partial charge in [0.2, 0.25) is 0 Å². The first-order valence-corrected chi connectivity index (χ1v) is 10.3. The zero-order chi connectivity index (χ0) is 23.5. The third kappa shape index (κ3) is 3.84. The van der Waals surface area contributed by atoms with Crippen molar-refractivity contribution in [3.8, 4) is 0 Å². The molecule has 0 radical (unpaired) electrons. The van der Waals surface area contributed by atoms with E-state index in [1.54, 1.807) is 32.9 Å². The molecule has 2 aromatic heterocycles. The zero-order valence-corrected chi connectivity index (χ0v) is 18.2. The molecule has 0 unspecified atom stereocenters. The monoisotopic (exact) mass is 448 g/mol. The van der Waals surface area contributed by atoms with E-state index in [0.717, 1.165) is 11.5 Å². The average molecular weight is 448 g/mol. The molecule has 0 aliphatic heterocycles. The fourth-order valence-corrected chi connectivity index (χ4v) is 3.90. The van der Waals surface area contributed by atoms with Gasteiger partial charge in [0.15, 0.2) is 0 Å². The number of anilines is 1. The Morgan fingerprint density at radius 3 is 2.34 bits per heavy atom. The van der Waals surface area contributed by atoms with Gasteiger partial charge in [-0.25, -0.2) is 27.5 Å². The van der Waals surface area contributed by atoms with Crippen LogP contribution >= 0.6 is 0 Å². The summed E-state index contributed by atoms with van der Waals surface area (Å²) in [5.41, 5.74) is -2.07. The normalized spacial score (nSPS) is 15.9. The summed E-state index contributed by atoms with van der Waals surface area (Å²) in [5, 5.41) is 3.66. The van der Waals surface area contributed by atoms with Crippen LogP contribution in [0, 0.1) is 6.92 Å². The highest BCUT2D eigenvalue weighted by molar-refractivity contribution is 5.88. The summed E-state index contributed by atoms with van der Waals surface area (Å²) in [6.45, 7) is 6.11. The third-order valence-electron chi connectivity index (χ3n) is 6.01. The van der Waals surface area contributed by atoms with Crippen molar-refractivity contribution in [1.82, 2.24) is 14.5 Å². The summed E-state index contributed by atoms with van der Waals surface area (Å²) in [6.07, 6.45) is -0.856. The number of hydrogen-bond acceptors (Lipinski definition) is 4. The molecule has 0 atom stereocenters. The first-order valence-electron chi connectivity index (χ1n) is 10.3. The number of aryl methyl sites for hydroxylation is 1. The third-order valence-corrected chi connectivity index (χ3v) is 6.01. The molecule has 0 spiro atoms. The predicted octanol–water partition coefficient (Wildman–Crippen LogP) is 5.31. The summed E-state index contributed by atoms with van der Waals surface area (Å²) in [4.78, 5) is 21.3. The molecule has 32 heavy (non-hydrogen) atoms. The van der Waals surface area contributed by atoms with Crippen molar-refractivity contribution in [2.75, 3.05) is 5.32 Å². The van der Waals surface area contributed by atoms with Gasteiger partial charge in [-0.1, -0.05) is 18.2 Å². The van der Waals surface area contributed by atoms with Crippen LogP contribution in [0.4, 0.5) is 23.4 Å². The van der Waals surface area contributed by atoms with Gasteiger partial charge >= 0.3 is 0 Å². The number of fused-ring (bicyclic) bond motifs is 1. The Morgan fingerprint density at radius 2 is 1.75 bits per heavy atom. The number of aromatic nitrogens is 3. The van der Waals surface area contributed by atoms with Crippen molar-refractivity contribution >= 4 is 16.7 Å².